The van der Waals surface area contributed by atoms with Crippen molar-refractivity contribution in [2.24, 2.45) is 0 Å². The standard InChI is InChI=1S/C18H20O3/c19-15-8-14(9-16(20)11-15)13-6-7-18(21)17(10-13)12-4-2-1-3-5-12/h6-12,19-21H,1-5H2. The lowest BCUT2D eigenvalue weighted by atomic mass is 9.82. The van der Waals surface area contributed by atoms with E-state index in [0.29, 0.717) is 11.7 Å². The fourth-order valence-electron chi connectivity index (χ4n) is 3.24. The first-order valence-corrected chi connectivity index (χ1v) is 7.50. The van der Waals surface area contributed by atoms with Gasteiger partial charge in [0.25, 0.3) is 0 Å². The van der Waals surface area contributed by atoms with E-state index in [0.717, 1.165) is 29.5 Å². The normalized spacial score (nSPS) is 16.0. The molecule has 0 aliphatic heterocycles. The Morgan fingerprint density at radius 2 is 1.38 bits per heavy atom. The molecule has 0 unspecified atom stereocenters. The summed E-state index contributed by atoms with van der Waals surface area (Å²) >= 11 is 0. The maximum atomic E-state index is 10.1. The van der Waals surface area contributed by atoms with Gasteiger partial charge in [0, 0.05) is 6.07 Å². The quantitative estimate of drug-likeness (QED) is 0.760. The maximum absolute atomic E-state index is 10.1. The lowest BCUT2D eigenvalue weighted by Gasteiger charge is -2.23. The van der Waals surface area contributed by atoms with Crippen LogP contribution < -0.4 is 0 Å². The summed E-state index contributed by atoms with van der Waals surface area (Å²) in [5.41, 5.74) is 2.64. The lowest BCUT2D eigenvalue weighted by molar-refractivity contribution is 0.414. The average Bonchev–Trinajstić information content (AvgIpc) is 2.47. The van der Waals surface area contributed by atoms with Gasteiger partial charge < -0.3 is 15.3 Å². The summed E-state index contributed by atoms with van der Waals surface area (Å²) in [6, 6.07) is 10.1. The Hall–Kier alpha value is -2.16. The van der Waals surface area contributed by atoms with E-state index in [1.807, 2.05) is 12.1 Å². The van der Waals surface area contributed by atoms with E-state index in [9.17, 15) is 15.3 Å². The zero-order chi connectivity index (χ0) is 14.8. The zero-order valence-corrected chi connectivity index (χ0v) is 11.9. The van der Waals surface area contributed by atoms with Gasteiger partial charge in [0.15, 0.2) is 0 Å². The van der Waals surface area contributed by atoms with Crippen LogP contribution in [0.5, 0.6) is 17.2 Å². The van der Waals surface area contributed by atoms with Crippen molar-refractivity contribution in [1.29, 1.82) is 0 Å². The minimum atomic E-state index is 0.0392. The molecule has 2 aromatic rings. The molecule has 2 aromatic carbocycles. The molecule has 0 heterocycles. The molecule has 21 heavy (non-hydrogen) atoms. The van der Waals surface area contributed by atoms with Gasteiger partial charge >= 0.3 is 0 Å². The molecule has 0 atom stereocenters. The van der Waals surface area contributed by atoms with Crippen LogP contribution in [-0.4, -0.2) is 15.3 Å². The van der Waals surface area contributed by atoms with Crippen LogP contribution >= 0.6 is 0 Å². The fraction of sp³-hybridized carbons (Fsp3) is 0.333. The van der Waals surface area contributed by atoms with Gasteiger partial charge in [0.1, 0.15) is 17.2 Å². The average molecular weight is 284 g/mol. The van der Waals surface area contributed by atoms with Gasteiger partial charge in [-0.05, 0) is 59.7 Å². The van der Waals surface area contributed by atoms with E-state index in [1.165, 1.54) is 25.3 Å². The minimum Gasteiger partial charge on any atom is -0.508 e. The highest BCUT2D eigenvalue weighted by Gasteiger charge is 2.19. The Morgan fingerprint density at radius 3 is 2.05 bits per heavy atom. The molecule has 1 aliphatic carbocycles. The highest BCUT2D eigenvalue weighted by atomic mass is 16.3. The van der Waals surface area contributed by atoms with Crippen molar-refractivity contribution in [3.05, 3.63) is 42.0 Å². The second-order valence-corrected chi connectivity index (χ2v) is 5.85. The summed E-state index contributed by atoms with van der Waals surface area (Å²) < 4.78 is 0. The molecule has 3 nitrogen and oxygen atoms in total. The second-order valence-electron chi connectivity index (χ2n) is 5.85. The fourth-order valence-corrected chi connectivity index (χ4v) is 3.24. The molecule has 0 aromatic heterocycles. The Morgan fingerprint density at radius 1 is 0.714 bits per heavy atom. The predicted octanol–water partition coefficient (Wildman–Crippen LogP) is 4.52. The van der Waals surface area contributed by atoms with Crippen molar-refractivity contribution in [2.45, 2.75) is 38.0 Å². The van der Waals surface area contributed by atoms with Crippen LogP contribution in [-0.2, 0) is 0 Å². The van der Waals surface area contributed by atoms with Crippen LogP contribution in [0.3, 0.4) is 0 Å². The molecule has 3 heteroatoms. The highest BCUT2D eigenvalue weighted by molar-refractivity contribution is 5.69. The molecule has 0 spiro atoms. The zero-order valence-electron chi connectivity index (χ0n) is 11.9. The summed E-state index contributed by atoms with van der Waals surface area (Å²) in [5.74, 6) is 0.828. The van der Waals surface area contributed by atoms with E-state index in [4.69, 9.17) is 0 Å². The third-order valence-corrected chi connectivity index (χ3v) is 4.31. The van der Waals surface area contributed by atoms with Crippen LogP contribution in [0.1, 0.15) is 43.6 Å². The molecule has 0 amide bonds. The van der Waals surface area contributed by atoms with Crippen LogP contribution in [0, 0.1) is 0 Å². The molecule has 0 saturated heterocycles. The summed E-state index contributed by atoms with van der Waals surface area (Å²) in [5, 5.41) is 29.4. The topological polar surface area (TPSA) is 60.7 Å². The number of aromatic hydroxyl groups is 3. The predicted molar refractivity (Wildman–Crippen MR) is 82.7 cm³/mol. The molecule has 1 saturated carbocycles. The third-order valence-electron chi connectivity index (χ3n) is 4.31. The SMILES string of the molecule is Oc1cc(O)cc(-c2ccc(O)c(C3CCCCC3)c2)c1. The molecule has 1 aliphatic rings. The molecular formula is C18H20O3. The summed E-state index contributed by atoms with van der Waals surface area (Å²) in [6.07, 6.45) is 5.92. The summed E-state index contributed by atoms with van der Waals surface area (Å²) in [6.45, 7) is 0. The van der Waals surface area contributed by atoms with Crippen LogP contribution in [0.25, 0.3) is 11.1 Å². The molecule has 3 rings (SSSR count). The molecule has 0 radical (unpaired) electrons. The lowest BCUT2D eigenvalue weighted by Crippen LogP contribution is -2.04. The van der Waals surface area contributed by atoms with E-state index in [2.05, 4.69) is 0 Å². The van der Waals surface area contributed by atoms with Gasteiger partial charge in [-0.15, -0.1) is 0 Å². The van der Waals surface area contributed by atoms with Crippen molar-refractivity contribution in [3.63, 3.8) is 0 Å². The Kier molecular flexibility index (Phi) is 3.74. The Labute approximate surface area is 124 Å². The first-order chi connectivity index (χ1) is 10.1. The van der Waals surface area contributed by atoms with Gasteiger partial charge in [-0.3, -0.25) is 0 Å². The van der Waals surface area contributed by atoms with Crippen molar-refractivity contribution in [1.82, 2.24) is 0 Å². The first kappa shape index (κ1) is 13.8. The maximum Gasteiger partial charge on any atom is 0.119 e. The summed E-state index contributed by atoms with van der Waals surface area (Å²) in [7, 11) is 0. The van der Waals surface area contributed by atoms with Crippen LogP contribution in [0.15, 0.2) is 36.4 Å². The van der Waals surface area contributed by atoms with E-state index < -0.39 is 0 Å². The van der Waals surface area contributed by atoms with Gasteiger partial charge in [-0.25, -0.2) is 0 Å². The van der Waals surface area contributed by atoms with Crippen molar-refractivity contribution in [3.8, 4) is 28.4 Å². The number of benzene rings is 2. The van der Waals surface area contributed by atoms with Crippen molar-refractivity contribution in [2.75, 3.05) is 0 Å². The Balaban J connectivity index is 2.00. The largest absolute Gasteiger partial charge is 0.508 e. The van der Waals surface area contributed by atoms with Crippen LogP contribution in [0.4, 0.5) is 0 Å². The molecule has 110 valence electrons. The van der Waals surface area contributed by atoms with Gasteiger partial charge in [0.05, 0.1) is 0 Å². The van der Waals surface area contributed by atoms with Crippen molar-refractivity contribution >= 4 is 0 Å². The molecule has 0 bridgehead atoms. The monoisotopic (exact) mass is 284 g/mol. The van der Waals surface area contributed by atoms with E-state index in [1.54, 1.807) is 18.2 Å². The second kappa shape index (κ2) is 5.68. The number of phenolic OH excluding ortho intramolecular Hbond substituents is 3. The van der Waals surface area contributed by atoms with Gasteiger partial charge in [0.2, 0.25) is 0 Å². The highest BCUT2D eigenvalue weighted by Crippen LogP contribution is 2.39. The molecule has 3 N–H and O–H groups in total. The number of phenols is 3. The number of hydrogen-bond acceptors (Lipinski definition) is 3. The van der Waals surface area contributed by atoms with E-state index >= 15 is 0 Å². The van der Waals surface area contributed by atoms with Gasteiger partial charge in [-0.1, -0.05) is 25.3 Å². The minimum absolute atomic E-state index is 0.0392. The number of rotatable bonds is 2. The number of hydrogen-bond donors (Lipinski definition) is 3. The summed E-state index contributed by atoms with van der Waals surface area (Å²) in [4.78, 5) is 0. The van der Waals surface area contributed by atoms with Crippen molar-refractivity contribution < 1.29 is 15.3 Å². The first-order valence-electron chi connectivity index (χ1n) is 7.50. The third kappa shape index (κ3) is 2.97. The van der Waals surface area contributed by atoms with E-state index in [-0.39, 0.29) is 11.5 Å². The molecule has 1 fully saturated rings. The molecular weight excluding hydrogens is 264 g/mol. The van der Waals surface area contributed by atoms with Crippen LogP contribution in [0.2, 0.25) is 0 Å². The Bertz CT molecular complexity index is 623. The van der Waals surface area contributed by atoms with Gasteiger partial charge in [-0.2, -0.15) is 0 Å². The smallest absolute Gasteiger partial charge is 0.119 e.